The predicted octanol–water partition coefficient (Wildman–Crippen LogP) is 2.15. The zero-order valence-electron chi connectivity index (χ0n) is 18.0. The number of hydrogen-bond donors (Lipinski definition) is 3. The molecule has 1 aliphatic heterocycles. The van der Waals surface area contributed by atoms with E-state index < -0.39 is 6.04 Å². The summed E-state index contributed by atoms with van der Waals surface area (Å²) in [6, 6.07) is -0.800. The number of hydrogen-bond acceptors (Lipinski definition) is 4. The Morgan fingerprint density at radius 2 is 1.33 bits per heavy atom. The molecule has 1 fully saturated rings. The van der Waals surface area contributed by atoms with Crippen molar-refractivity contribution in [3.8, 4) is 0 Å². The standard InChI is InChI=1S/C21H42N4O2/c1-17(2)9-12-23-20(26)19(21(27)24-13-10-18(3)4)22-11-8-16-25-14-6-5-7-15-25/h17-19,22H,5-16H2,1-4H3,(H,23,26)(H,24,27). The van der Waals surface area contributed by atoms with Crippen LogP contribution in [0.5, 0.6) is 0 Å². The van der Waals surface area contributed by atoms with Crippen LogP contribution in [-0.4, -0.2) is 62.0 Å². The highest BCUT2D eigenvalue weighted by atomic mass is 16.2. The van der Waals surface area contributed by atoms with E-state index in [-0.39, 0.29) is 11.8 Å². The van der Waals surface area contributed by atoms with Gasteiger partial charge in [0.1, 0.15) is 0 Å². The molecule has 0 atom stereocenters. The normalized spacial score (nSPS) is 15.5. The summed E-state index contributed by atoms with van der Waals surface area (Å²) in [5.41, 5.74) is 0. The molecular formula is C21H42N4O2. The maximum absolute atomic E-state index is 12.5. The molecule has 0 bridgehead atoms. The molecule has 1 rings (SSSR count). The fraction of sp³-hybridized carbons (Fsp3) is 0.905. The summed E-state index contributed by atoms with van der Waals surface area (Å²) in [5, 5.41) is 9.01. The van der Waals surface area contributed by atoms with Gasteiger partial charge in [0.2, 0.25) is 11.8 Å². The van der Waals surface area contributed by atoms with Crippen LogP contribution in [0.2, 0.25) is 0 Å². The fourth-order valence-electron chi connectivity index (χ4n) is 3.21. The van der Waals surface area contributed by atoms with E-state index in [2.05, 4.69) is 48.5 Å². The van der Waals surface area contributed by atoms with E-state index in [1.54, 1.807) is 0 Å². The van der Waals surface area contributed by atoms with Crippen LogP contribution in [-0.2, 0) is 9.59 Å². The van der Waals surface area contributed by atoms with Crippen molar-refractivity contribution in [2.45, 2.75) is 72.3 Å². The molecule has 1 heterocycles. The summed E-state index contributed by atoms with van der Waals surface area (Å²) in [6.07, 6.45) is 6.70. The molecule has 1 saturated heterocycles. The number of rotatable bonds is 13. The third kappa shape index (κ3) is 11.3. The number of amides is 2. The number of carbonyl (C=O) groups excluding carboxylic acids is 2. The first kappa shape index (κ1) is 23.9. The van der Waals surface area contributed by atoms with Crippen molar-refractivity contribution >= 4 is 11.8 Å². The van der Waals surface area contributed by atoms with Gasteiger partial charge >= 0.3 is 0 Å². The Bertz CT molecular complexity index is 394. The molecule has 1 aliphatic rings. The average Bonchev–Trinajstić information content (AvgIpc) is 2.61. The van der Waals surface area contributed by atoms with Crippen molar-refractivity contribution in [2.75, 3.05) is 39.3 Å². The zero-order valence-corrected chi connectivity index (χ0v) is 18.0. The van der Waals surface area contributed by atoms with Crippen molar-refractivity contribution in [1.82, 2.24) is 20.9 Å². The lowest BCUT2D eigenvalue weighted by Crippen LogP contribution is -2.54. The molecule has 6 heteroatoms. The van der Waals surface area contributed by atoms with Gasteiger partial charge in [0.05, 0.1) is 0 Å². The average molecular weight is 383 g/mol. The molecule has 0 radical (unpaired) electrons. The monoisotopic (exact) mass is 382 g/mol. The lowest BCUT2D eigenvalue weighted by molar-refractivity contribution is -0.132. The van der Waals surface area contributed by atoms with Crippen LogP contribution >= 0.6 is 0 Å². The van der Waals surface area contributed by atoms with Gasteiger partial charge in [0, 0.05) is 13.1 Å². The zero-order chi connectivity index (χ0) is 20.1. The molecule has 27 heavy (non-hydrogen) atoms. The van der Waals surface area contributed by atoms with Crippen LogP contribution in [0.4, 0.5) is 0 Å². The van der Waals surface area contributed by atoms with Gasteiger partial charge in [0.15, 0.2) is 6.04 Å². The Morgan fingerprint density at radius 3 is 1.81 bits per heavy atom. The molecule has 0 aromatic rings. The molecular weight excluding hydrogens is 340 g/mol. The van der Waals surface area contributed by atoms with Crippen LogP contribution in [0.25, 0.3) is 0 Å². The highest BCUT2D eigenvalue weighted by Crippen LogP contribution is 2.08. The first-order valence-corrected chi connectivity index (χ1v) is 10.9. The highest BCUT2D eigenvalue weighted by Gasteiger charge is 2.25. The SMILES string of the molecule is CC(C)CCNC(=O)C(NCCCN1CCCCC1)C(=O)NCCC(C)C. The second-order valence-electron chi connectivity index (χ2n) is 8.59. The van der Waals surface area contributed by atoms with E-state index in [4.69, 9.17) is 0 Å². The lowest BCUT2D eigenvalue weighted by atomic mass is 10.1. The van der Waals surface area contributed by atoms with E-state index in [1.807, 2.05) is 0 Å². The van der Waals surface area contributed by atoms with Crippen LogP contribution in [0.3, 0.4) is 0 Å². The second kappa shape index (κ2) is 13.9. The first-order valence-electron chi connectivity index (χ1n) is 10.9. The Labute approximate surface area is 166 Å². The van der Waals surface area contributed by atoms with E-state index in [9.17, 15) is 9.59 Å². The first-order chi connectivity index (χ1) is 12.9. The lowest BCUT2D eigenvalue weighted by Gasteiger charge is -2.26. The molecule has 2 amide bonds. The molecule has 6 nitrogen and oxygen atoms in total. The van der Waals surface area contributed by atoms with Gasteiger partial charge in [-0.2, -0.15) is 0 Å². The summed E-state index contributed by atoms with van der Waals surface area (Å²) < 4.78 is 0. The molecule has 3 N–H and O–H groups in total. The number of piperidine rings is 1. The Morgan fingerprint density at radius 1 is 0.815 bits per heavy atom. The van der Waals surface area contributed by atoms with E-state index in [1.165, 1.54) is 32.4 Å². The second-order valence-corrected chi connectivity index (χ2v) is 8.59. The maximum Gasteiger partial charge on any atom is 0.246 e. The van der Waals surface area contributed by atoms with Gasteiger partial charge in [-0.15, -0.1) is 0 Å². The summed E-state index contributed by atoms with van der Waals surface area (Å²) >= 11 is 0. The molecule has 0 spiro atoms. The van der Waals surface area contributed by atoms with Crippen LogP contribution in [0.1, 0.15) is 66.2 Å². The van der Waals surface area contributed by atoms with E-state index in [0.29, 0.717) is 31.5 Å². The summed E-state index contributed by atoms with van der Waals surface area (Å²) in [4.78, 5) is 27.5. The number of nitrogens with zero attached hydrogens (tertiary/aromatic N) is 1. The maximum atomic E-state index is 12.5. The molecule has 0 saturated carbocycles. The van der Waals surface area contributed by atoms with Crippen molar-refractivity contribution < 1.29 is 9.59 Å². The minimum Gasteiger partial charge on any atom is -0.354 e. The summed E-state index contributed by atoms with van der Waals surface area (Å²) in [6.45, 7) is 13.8. The van der Waals surface area contributed by atoms with Gasteiger partial charge in [-0.3, -0.25) is 14.9 Å². The topological polar surface area (TPSA) is 73.5 Å². The molecule has 0 aromatic carbocycles. The van der Waals surface area contributed by atoms with Gasteiger partial charge in [-0.1, -0.05) is 34.1 Å². The molecule has 0 unspecified atom stereocenters. The summed E-state index contributed by atoms with van der Waals surface area (Å²) in [5.74, 6) is 0.633. The third-order valence-corrected chi connectivity index (χ3v) is 5.01. The van der Waals surface area contributed by atoms with Gasteiger partial charge in [-0.05, 0) is 70.1 Å². The number of carbonyl (C=O) groups is 2. The van der Waals surface area contributed by atoms with Crippen LogP contribution < -0.4 is 16.0 Å². The quantitative estimate of drug-likeness (QED) is 0.337. The van der Waals surface area contributed by atoms with Gasteiger partial charge in [-0.25, -0.2) is 0 Å². The van der Waals surface area contributed by atoms with Crippen LogP contribution in [0.15, 0.2) is 0 Å². The fourth-order valence-corrected chi connectivity index (χ4v) is 3.21. The van der Waals surface area contributed by atoms with E-state index >= 15 is 0 Å². The van der Waals surface area contributed by atoms with Crippen LogP contribution in [0, 0.1) is 11.8 Å². The van der Waals surface area contributed by atoms with Crippen molar-refractivity contribution in [1.29, 1.82) is 0 Å². The van der Waals surface area contributed by atoms with Crippen molar-refractivity contribution in [3.63, 3.8) is 0 Å². The smallest absolute Gasteiger partial charge is 0.246 e. The van der Waals surface area contributed by atoms with Crippen molar-refractivity contribution in [3.05, 3.63) is 0 Å². The largest absolute Gasteiger partial charge is 0.354 e. The molecule has 0 aliphatic carbocycles. The molecule has 0 aromatic heterocycles. The highest BCUT2D eigenvalue weighted by molar-refractivity contribution is 6.04. The Hall–Kier alpha value is -1.14. The molecule has 158 valence electrons. The summed E-state index contributed by atoms with van der Waals surface area (Å²) in [7, 11) is 0. The minimum atomic E-state index is -0.800. The van der Waals surface area contributed by atoms with Gasteiger partial charge in [0.25, 0.3) is 0 Å². The number of likely N-dealkylation sites (tertiary alicyclic amines) is 1. The van der Waals surface area contributed by atoms with Crippen molar-refractivity contribution in [2.24, 2.45) is 11.8 Å². The van der Waals surface area contributed by atoms with E-state index in [0.717, 1.165) is 25.8 Å². The predicted molar refractivity (Wildman–Crippen MR) is 112 cm³/mol. The van der Waals surface area contributed by atoms with Gasteiger partial charge < -0.3 is 15.5 Å². The third-order valence-electron chi connectivity index (χ3n) is 5.01. The Balaban J connectivity index is 2.42. The Kier molecular flexibility index (Phi) is 12.3. The minimum absolute atomic E-state index is 0.212. The number of nitrogens with one attached hydrogen (secondary N) is 3.